The smallest absolute Gasteiger partial charge is 0.338 e. The molecule has 1 N–H and O–H groups in total. The average Bonchev–Trinajstić information content (AvgIpc) is 2.53. The lowest BCUT2D eigenvalue weighted by Gasteiger charge is -2.26. The lowest BCUT2D eigenvalue weighted by molar-refractivity contribution is 0.0390. The van der Waals surface area contributed by atoms with Crippen LogP contribution in [0, 0.1) is 13.8 Å². The van der Waals surface area contributed by atoms with Crippen LogP contribution in [-0.4, -0.2) is 24.0 Å². The molecule has 0 unspecified atom stereocenters. The summed E-state index contributed by atoms with van der Waals surface area (Å²) in [7, 11) is 0. The van der Waals surface area contributed by atoms with Gasteiger partial charge in [0.05, 0.1) is 11.1 Å². The molecule has 0 aromatic heterocycles. The van der Waals surface area contributed by atoms with E-state index >= 15 is 0 Å². The van der Waals surface area contributed by atoms with E-state index in [0.717, 1.165) is 11.1 Å². The highest BCUT2D eigenvalue weighted by Crippen LogP contribution is 2.10. The molecule has 24 heavy (non-hydrogen) atoms. The van der Waals surface area contributed by atoms with E-state index < -0.39 is 11.5 Å². The van der Waals surface area contributed by atoms with Gasteiger partial charge in [0.25, 0.3) is 5.91 Å². The number of nitrogens with one attached hydrogen (secondary N) is 1. The maximum atomic E-state index is 12.3. The van der Waals surface area contributed by atoms with Gasteiger partial charge in [-0.1, -0.05) is 35.4 Å². The summed E-state index contributed by atoms with van der Waals surface area (Å²) in [5, 5.41) is 2.89. The van der Waals surface area contributed by atoms with Crippen molar-refractivity contribution < 1.29 is 14.3 Å². The molecule has 0 bridgehead atoms. The number of hydrogen-bond donors (Lipinski definition) is 1. The summed E-state index contributed by atoms with van der Waals surface area (Å²) < 4.78 is 5.33. The molecule has 0 radical (unpaired) electrons. The van der Waals surface area contributed by atoms with Crippen LogP contribution in [-0.2, 0) is 4.74 Å². The highest BCUT2D eigenvalue weighted by molar-refractivity contribution is 5.94. The Labute approximate surface area is 142 Å². The van der Waals surface area contributed by atoms with E-state index in [4.69, 9.17) is 4.74 Å². The zero-order chi connectivity index (χ0) is 17.7. The Kier molecular flexibility index (Phi) is 5.39. The van der Waals surface area contributed by atoms with Crippen LogP contribution >= 0.6 is 0 Å². The Hall–Kier alpha value is -2.62. The summed E-state index contributed by atoms with van der Waals surface area (Å²) in [6.45, 7) is 7.66. The normalized spacial score (nSPS) is 11.0. The van der Waals surface area contributed by atoms with E-state index in [2.05, 4.69) is 5.32 Å². The minimum absolute atomic E-state index is 0.0946. The molecule has 4 nitrogen and oxygen atoms in total. The zero-order valence-corrected chi connectivity index (χ0v) is 14.6. The molecule has 0 saturated heterocycles. The minimum atomic E-state index is -0.664. The average molecular weight is 325 g/mol. The van der Waals surface area contributed by atoms with Crippen LogP contribution in [0.3, 0.4) is 0 Å². The number of benzene rings is 2. The van der Waals surface area contributed by atoms with Gasteiger partial charge in [-0.05, 0) is 52.0 Å². The number of rotatable bonds is 5. The van der Waals surface area contributed by atoms with Gasteiger partial charge in [-0.2, -0.15) is 0 Å². The van der Waals surface area contributed by atoms with E-state index in [1.807, 2.05) is 52.0 Å². The summed E-state index contributed by atoms with van der Waals surface area (Å²) >= 11 is 0. The number of esters is 1. The van der Waals surface area contributed by atoms with Crippen molar-refractivity contribution in [3.05, 3.63) is 70.8 Å². The van der Waals surface area contributed by atoms with Gasteiger partial charge < -0.3 is 10.1 Å². The van der Waals surface area contributed by atoms with Crippen LogP contribution in [0.2, 0.25) is 0 Å². The summed E-state index contributed by atoms with van der Waals surface area (Å²) in [4.78, 5) is 24.3. The van der Waals surface area contributed by atoms with Crippen molar-refractivity contribution in [3.63, 3.8) is 0 Å². The quantitative estimate of drug-likeness (QED) is 0.853. The van der Waals surface area contributed by atoms with Crippen LogP contribution in [0.4, 0.5) is 0 Å². The van der Waals surface area contributed by atoms with Gasteiger partial charge in [-0.25, -0.2) is 4.79 Å². The summed E-state index contributed by atoms with van der Waals surface area (Å²) in [6.07, 6.45) is 0. The van der Waals surface area contributed by atoms with Crippen LogP contribution in [0.25, 0.3) is 0 Å². The molecule has 4 heteroatoms. The number of hydrogen-bond acceptors (Lipinski definition) is 3. The Morgan fingerprint density at radius 1 is 0.875 bits per heavy atom. The molecule has 0 spiro atoms. The van der Waals surface area contributed by atoms with Gasteiger partial charge in [0.1, 0.15) is 6.61 Å². The fourth-order valence-corrected chi connectivity index (χ4v) is 2.14. The van der Waals surface area contributed by atoms with Crippen LogP contribution in [0.15, 0.2) is 48.5 Å². The predicted molar refractivity (Wildman–Crippen MR) is 94.2 cm³/mol. The Morgan fingerprint density at radius 2 is 1.33 bits per heavy atom. The van der Waals surface area contributed by atoms with Gasteiger partial charge in [0.2, 0.25) is 0 Å². The van der Waals surface area contributed by atoms with Crippen LogP contribution in [0.1, 0.15) is 45.7 Å². The van der Waals surface area contributed by atoms with Crippen molar-refractivity contribution in [1.29, 1.82) is 0 Å². The maximum Gasteiger partial charge on any atom is 0.338 e. The Bertz CT molecular complexity index is 716. The molecule has 0 heterocycles. The maximum absolute atomic E-state index is 12.3. The van der Waals surface area contributed by atoms with Gasteiger partial charge in [-0.3, -0.25) is 4.79 Å². The number of ether oxygens (including phenoxy) is 1. The van der Waals surface area contributed by atoms with Crippen molar-refractivity contribution >= 4 is 11.9 Å². The van der Waals surface area contributed by atoms with Gasteiger partial charge in [0, 0.05) is 5.56 Å². The molecule has 2 aromatic carbocycles. The molecule has 2 aromatic rings. The Morgan fingerprint density at radius 3 is 1.83 bits per heavy atom. The lowest BCUT2D eigenvalue weighted by Crippen LogP contribution is -2.47. The Balaban J connectivity index is 1.93. The zero-order valence-electron chi connectivity index (χ0n) is 14.6. The second kappa shape index (κ2) is 7.30. The topological polar surface area (TPSA) is 55.4 Å². The lowest BCUT2D eigenvalue weighted by atomic mass is 10.1. The van der Waals surface area contributed by atoms with Crippen LogP contribution in [0.5, 0.6) is 0 Å². The fourth-order valence-electron chi connectivity index (χ4n) is 2.14. The van der Waals surface area contributed by atoms with Gasteiger partial charge >= 0.3 is 5.97 Å². The predicted octanol–water partition coefficient (Wildman–Crippen LogP) is 3.67. The van der Waals surface area contributed by atoms with E-state index in [-0.39, 0.29) is 12.5 Å². The summed E-state index contributed by atoms with van der Waals surface area (Å²) in [5.74, 6) is -0.584. The number of amides is 1. The number of carbonyl (C=O) groups is 2. The van der Waals surface area contributed by atoms with Gasteiger partial charge in [-0.15, -0.1) is 0 Å². The number of carbonyl (C=O) groups excluding carboxylic acids is 2. The minimum Gasteiger partial charge on any atom is -0.460 e. The molecule has 126 valence electrons. The van der Waals surface area contributed by atoms with Crippen molar-refractivity contribution in [3.8, 4) is 0 Å². The molecule has 1 amide bonds. The first-order chi connectivity index (χ1) is 11.3. The second-order valence-corrected chi connectivity index (χ2v) is 6.65. The molecule has 0 aliphatic heterocycles. The van der Waals surface area contributed by atoms with Crippen molar-refractivity contribution in [2.24, 2.45) is 0 Å². The van der Waals surface area contributed by atoms with Crippen LogP contribution < -0.4 is 5.32 Å². The monoisotopic (exact) mass is 325 g/mol. The van der Waals surface area contributed by atoms with E-state index in [1.165, 1.54) is 0 Å². The third-order valence-corrected chi connectivity index (χ3v) is 3.62. The van der Waals surface area contributed by atoms with E-state index in [9.17, 15) is 9.59 Å². The largest absolute Gasteiger partial charge is 0.460 e. The summed E-state index contributed by atoms with van der Waals surface area (Å²) in [5.41, 5.74) is 2.59. The molecule has 0 atom stereocenters. The summed E-state index contributed by atoms with van der Waals surface area (Å²) in [6, 6.07) is 14.5. The van der Waals surface area contributed by atoms with E-state index in [1.54, 1.807) is 24.3 Å². The van der Waals surface area contributed by atoms with Crippen molar-refractivity contribution in [2.45, 2.75) is 33.2 Å². The fraction of sp³-hybridized carbons (Fsp3) is 0.300. The highest BCUT2D eigenvalue weighted by Gasteiger charge is 2.23. The molecule has 0 aliphatic rings. The number of aryl methyl sites for hydroxylation is 2. The standard InChI is InChI=1S/C20H23NO3/c1-14-5-9-16(10-6-14)18(22)21-20(3,4)13-24-19(23)17-11-7-15(2)8-12-17/h5-12H,13H2,1-4H3,(H,21,22). The molecule has 0 saturated carbocycles. The first kappa shape index (κ1) is 17.7. The third kappa shape index (κ3) is 4.95. The molecule has 0 aliphatic carbocycles. The van der Waals surface area contributed by atoms with Gasteiger partial charge in [0.15, 0.2) is 0 Å². The van der Waals surface area contributed by atoms with E-state index in [0.29, 0.717) is 11.1 Å². The second-order valence-electron chi connectivity index (χ2n) is 6.65. The molecular weight excluding hydrogens is 302 g/mol. The van der Waals surface area contributed by atoms with Crippen molar-refractivity contribution in [1.82, 2.24) is 5.32 Å². The first-order valence-electron chi connectivity index (χ1n) is 7.90. The molecule has 0 fully saturated rings. The van der Waals surface area contributed by atoms with Crippen molar-refractivity contribution in [2.75, 3.05) is 6.61 Å². The third-order valence-electron chi connectivity index (χ3n) is 3.62. The molecule has 2 rings (SSSR count). The first-order valence-corrected chi connectivity index (χ1v) is 7.90. The highest BCUT2D eigenvalue weighted by atomic mass is 16.5. The molecular formula is C20H23NO3. The SMILES string of the molecule is Cc1ccc(C(=O)NC(C)(C)COC(=O)c2ccc(C)cc2)cc1.